The topological polar surface area (TPSA) is 42.7 Å². The van der Waals surface area contributed by atoms with Gasteiger partial charge in [0.2, 0.25) is 0 Å². The van der Waals surface area contributed by atoms with Crippen LogP contribution in [0, 0.1) is 0 Å². The zero-order valence-corrected chi connectivity index (χ0v) is 11.9. The number of para-hydroxylation sites is 1. The number of benzene rings is 1. The molecule has 21 heavy (non-hydrogen) atoms. The molecule has 1 saturated carbocycles. The molecule has 1 aromatic carbocycles. The van der Waals surface area contributed by atoms with Gasteiger partial charge in [0.15, 0.2) is 0 Å². The zero-order valence-electron chi connectivity index (χ0n) is 11.9. The highest BCUT2D eigenvalue weighted by atomic mass is 15.3. The largest absolute Gasteiger partial charge is 0.308 e. The number of hydrogen-bond donors (Lipinski definition) is 1. The molecule has 4 rings (SSSR count). The summed E-state index contributed by atoms with van der Waals surface area (Å²) in [5.41, 5.74) is 3.32. The molecule has 1 N–H and O–H groups in total. The van der Waals surface area contributed by atoms with Crippen LogP contribution < -0.4 is 5.32 Å². The summed E-state index contributed by atoms with van der Waals surface area (Å²) in [4.78, 5) is 4.73. The van der Waals surface area contributed by atoms with E-state index in [1.165, 1.54) is 18.2 Å². The van der Waals surface area contributed by atoms with Crippen LogP contribution in [0.25, 0.3) is 10.9 Å². The number of aromatic nitrogens is 3. The second kappa shape index (κ2) is 5.30. The number of rotatable bonds is 5. The molecule has 2 aromatic heterocycles. The molecule has 1 aliphatic rings. The van der Waals surface area contributed by atoms with Crippen LogP contribution >= 0.6 is 0 Å². The van der Waals surface area contributed by atoms with Gasteiger partial charge in [-0.25, -0.2) is 0 Å². The minimum Gasteiger partial charge on any atom is -0.308 e. The van der Waals surface area contributed by atoms with Crippen LogP contribution in [0.3, 0.4) is 0 Å². The number of nitrogens with one attached hydrogen (secondary N) is 1. The van der Waals surface area contributed by atoms with E-state index in [-0.39, 0.29) is 0 Å². The molecular weight excluding hydrogens is 260 g/mol. The predicted octanol–water partition coefficient (Wildman–Crippen LogP) is 2.73. The maximum absolute atomic E-state index is 4.73. The summed E-state index contributed by atoms with van der Waals surface area (Å²) in [7, 11) is 0. The van der Waals surface area contributed by atoms with Crippen LogP contribution in [0.15, 0.2) is 48.7 Å². The smallest absolute Gasteiger partial charge is 0.0838 e. The van der Waals surface area contributed by atoms with Crippen LogP contribution in [0.4, 0.5) is 0 Å². The minimum atomic E-state index is 0.713. The summed E-state index contributed by atoms with van der Waals surface area (Å²) in [5.74, 6) is 0. The lowest BCUT2D eigenvalue weighted by Gasteiger charge is -2.07. The summed E-state index contributed by atoms with van der Waals surface area (Å²) < 4.78 is 2.01. The number of nitrogens with zero attached hydrogens (tertiary/aromatic N) is 3. The molecule has 0 unspecified atom stereocenters. The third-order valence-electron chi connectivity index (χ3n) is 3.88. The monoisotopic (exact) mass is 278 g/mol. The first-order valence-corrected chi connectivity index (χ1v) is 7.47. The van der Waals surface area contributed by atoms with Crippen LogP contribution in [0.2, 0.25) is 0 Å². The average molecular weight is 278 g/mol. The van der Waals surface area contributed by atoms with Gasteiger partial charge in [-0.05, 0) is 31.0 Å². The second-order valence-electron chi connectivity index (χ2n) is 5.64. The van der Waals surface area contributed by atoms with Gasteiger partial charge in [0.1, 0.15) is 0 Å². The summed E-state index contributed by atoms with van der Waals surface area (Å²) in [5, 5.41) is 9.14. The Balaban J connectivity index is 1.54. The van der Waals surface area contributed by atoms with E-state index in [1.54, 1.807) is 0 Å². The summed E-state index contributed by atoms with van der Waals surface area (Å²) in [6.45, 7) is 1.57. The first-order valence-electron chi connectivity index (χ1n) is 7.47. The standard InChI is InChI=1S/C17H18N4/c1-2-7-17-13(4-1)10-19-21(17)12-16-6-3-5-15(20-16)11-18-14-8-9-14/h1-7,10,14,18H,8-9,11-12H2. The quantitative estimate of drug-likeness (QED) is 0.780. The number of pyridine rings is 1. The fraction of sp³-hybridized carbons (Fsp3) is 0.294. The summed E-state index contributed by atoms with van der Waals surface area (Å²) in [6, 6.07) is 15.2. The summed E-state index contributed by atoms with van der Waals surface area (Å²) >= 11 is 0. The van der Waals surface area contributed by atoms with Crippen molar-refractivity contribution < 1.29 is 0 Å². The van der Waals surface area contributed by atoms with Gasteiger partial charge in [0.05, 0.1) is 29.6 Å². The Labute approximate surface area is 123 Å². The molecule has 0 amide bonds. The molecule has 2 heterocycles. The maximum atomic E-state index is 4.73. The highest BCUT2D eigenvalue weighted by Gasteiger charge is 2.20. The lowest BCUT2D eigenvalue weighted by atomic mass is 10.2. The molecule has 0 atom stereocenters. The molecule has 1 fully saturated rings. The molecule has 1 aliphatic carbocycles. The van der Waals surface area contributed by atoms with E-state index in [0.29, 0.717) is 12.6 Å². The van der Waals surface area contributed by atoms with E-state index >= 15 is 0 Å². The van der Waals surface area contributed by atoms with E-state index in [9.17, 15) is 0 Å². The van der Waals surface area contributed by atoms with Crippen molar-refractivity contribution in [1.82, 2.24) is 20.1 Å². The fourth-order valence-electron chi connectivity index (χ4n) is 2.56. The van der Waals surface area contributed by atoms with Crippen molar-refractivity contribution in [3.05, 3.63) is 60.0 Å². The Bertz CT molecular complexity index is 758. The van der Waals surface area contributed by atoms with Gasteiger partial charge in [0, 0.05) is 18.0 Å². The van der Waals surface area contributed by atoms with E-state index < -0.39 is 0 Å². The molecule has 0 radical (unpaired) electrons. The fourth-order valence-corrected chi connectivity index (χ4v) is 2.56. The first-order chi connectivity index (χ1) is 10.4. The Morgan fingerprint density at radius 1 is 1.05 bits per heavy atom. The molecule has 106 valence electrons. The van der Waals surface area contributed by atoms with Gasteiger partial charge in [0.25, 0.3) is 0 Å². The Kier molecular flexibility index (Phi) is 3.16. The van der Waals surface area contributed by atoms with E-state index in [1.807, 2.05) is 23.0 Å². The number of fused-ring (bicyclic) bond motifs is 1. The highest BCUT2D eigenvalue weighted by Crippen LogP contribution is 2.19. The van der Waals surface area contributed by atoms with E-state index in [2.05, 4.69) is 40.7 Å². The van der Waals surface area contributed by atoms with Crippen LogP contribution in [-0.4, -0.2) is 20.8 Å². The van der Waals surface area contributed by atoms with Crippen molar-refractivity contribution in [1.29, 1.82) is 0 Å². The van der Waals surface area contributed by atoms with Crippen molar-refractivity contribution in [3.63, 3.8) is 0 Å². The Morgan fingerprint density at radius 3 is 2.81 bits per heavy atom. The number of hydrogen-bond acceptors (Lipinski definition) is 3. The zero-order chi connectivity index (χ0) is 14.1. The van der Waals surface area contributed by atoms with Gasteiger partial charge < -0.3 is 5.32 Å². The van der Waals surface area contributed by atoms with Crippen molar-refractivity contribution in [2.75, 3.05) is 0 Å². The SMILES string of the molecule is c1cc(CNC2CC2)nc(Cn2ncc3ccccc32)c1. The van der Waals surface area contributed by atoms with Gasteiger partial charge in [-0.1, -0.05) is 24.3 Å². The van der Waals surface area contributed by atoms with Crippen molar-refractivity contribution in [2.24, 2.45) is 0 Å². The van der Waals surface area contributed by atoms with E-state index in [4.69, 9.17) is 4.98 Å². The molecule has 4 nitrogen and oxygen atoms in total. The lowest BCUT2D eigenvalue weighted by molar-refractivity contribution is 0.657. The lowest BCUT2D eigenvalue weighted by Crippen LogP contribution is -2.16. The predicted molar refractivity (Wildman–Crippen MR) is 82.9 cm³/mol. The van der Waals surface area contributed by atoms with Gasteiger partial charge >= 0.3 is 0 Å². The first kappa shape index (κ1) is 12.5. The average Bonchev–Trinajstić information content (AvgIpc) is 3.27. The third-order valence-corrected chi connectivity index (χ3v) is 3.88. The molecule has 4 heteroatoms. The summed E-state index contributed by atoms with van der Waals surface area (Å²) in [6.07, 6.45) is 4.52. The van der Waals surface area contributed by atoms with Gasteiger partial charge in [-0.3, -0.25) is 9.67 Å². The minimum absolute atomic E-state index is 0.713. The molecule has 0 saturated heterocycles. The normalized spacial score (nSPS) is 14.7. The third kappa shape index (κ3) is 2.81. The maximum Gasteiger partial charge on any atom is 0.0838 e. The van der Waals surface area contributed by atoms with Gasteiger partial charge in [-0.15, -0.1) is 0 Å². The Hall–Kier alpha value is -2.20. The van der Waals surface area contributed by atoms with E-state index in [0.717, 1.165) is 23.4 Å². The van der Waals surface area contributed by atoms with Crippen LogP contribution in [0.1, 0.15) is 24.2 Å². The molecule has 0 bridgehead atoms. The highest BCUT2D eigenvalue weighted by molar-refractivity contribution is 5.78. The van der Waals surface area contributed by atoms with Crippen LogP contribution in [-0.2, 0) is 13.1 Å². The van der Waals surface area contributed by atoms with Gasteiger partial charge in [-0.2, -0.15) is 5.10 Å². The Morgan fingerprint density at radius 2 is 1.90 bits per heavy atom. The molecule has 0 aliphatic heterocycles. The van der Waals surface area contributed by atoms with Crippen LogP contribution in [0.5, 0.6) is 0 Å². The van der Waals surface area contributed by atoms with Crippen molar-refractivity contribution in [3.8, 4) is 0 Å². The van der Waals surface area contributed by atoms with Crippen molar-refractivity contribution in [2.45, 2.75) is 32.0 Å². The molecule has 3 aromatic rings. The molecular formula is C17H18N4. The molecule has 0 spiro atoms. The second-order valence-corrected chi connectivity index (χ2v) is 5.64. The van der Waals surface area contributed by atoms with Crippen molar-refractivity contribution >= 4 is 10.9 Å².